The monoisotopic (exact) mass is 394 g/mol. The van der Waals surface area contributed by atoms with E-state index in [9.17, 15) is 13.2 Å². The molecule has 0 aliphatic heterocycles. The van der Waals surface area contributed by atoms with Crippen LogP contribution in [0.5, 0.6) is 0 Å². The van der Waals surface area contributed by atoms with Gasteiger partial charge < -0.3 is 4.90 Å². The number of sulfonamides is 1. The molecule has 1 amide bonds. The lowest BCUT2D eigenvalue weighted by molar-refractivity contribution is -0.130. The molecule has 0 aliphatic rings. The smallest absolute Gasteiger partial charge is 0.237 e. The molecule has 0 saturated heterocycles. The van der Waals surface area contributed by atoms with E-state index in [1.165, 1.54) is 9.21 Å². The van der Waals surface area contributed by atoms with Gasteiger partial charge in [-0.2, -0.15) is 4.31 Å². The van der Waals surface area contributed by atoms with Gasteiger partial charge in [0.2, 0.25) is 15.9 Å². The highest BCUT2D eigenvalue weighted by atomic mass is 35.5. The largest absolute Gasteiger partial charge is 0.340 e. The molecule has 0 N–H and O–H groups in total. The van der Waals surface area contributed by atoms with Gasteiger partial charge in [-0.1, -0.05) is 53.6 Å². The third-order valence-electron chi connectivity index (χ3n) is 4.02. The summed E-state index contributed by atoms with van der Waals surface area (Å²) in [6.45, 7) is 2.32. The normalized spacial score (nSPS) is 11.6. The minimum absolute atomic E-state index is 0.166. The Morgan fingerprint density at radius 1 is 0.962 bits per heavy atom. The predicted octanol–water partition coefficient (Wildman–Crippen LogP) is 3.07. The number of hydrogen-bond acceptors (Lipinski definition) is 3. The minimum atomic E-state index is -3.51. The van der Waals surface area contributed by atoms with Gasteiger partial charge >= 0.3 is 0 Å². The predicted molar refractivity (Wildman–Crippen MR) is 104 cm³/mol. The Labute approximate surface area is 160 Å². The van der Waals surface area contributed by atoms with Crippen molar-refractivity contribution in [3.8, 4) is 0 Å². The van der Waals surface area contributed by atoms with Crippen LogP contribution in [0, 0.1) is 6.92 Å². The van der Waals surface area contributed by atoms with Crippen LogP contribution in [-0.4, -0.2) is 43.4 Å². The third kappa shape index (κ3) is 6.12. The fourth-order valence-corrected chi connectivity index (χ4v) is 3.27. The van der Waals surface area contributed by atoms with E-state index in [4.69, 9.17) is 11.6 Å². The molecular weight excluding hydrogens is 372 g/mol. The fraction of sp³-hybridized carbons (Fsp3) is 0.316. The van der Waals surface area contributed by atoms with Gasteiger partial charge in [0.15, 0.2) is 0 Å². The van der Waals surface area contributed by atoms with Crippen molar-refractivity contribution in [1.29, 1.82) is 0 Å². The van der Waals surface area contributed by atoms with Crippen LogP contribution in [0.1, 0.15) is 16.7 Å². The standard InChI is InChI=1S/C19H23ClN2O3S/c1-15-4-6-17(7-5-15)13-22(26(3,24)25)14-19(23)21(2)12-16-8-10-18(20)11-9-16/h4-11H,12-14H2,1-3H3. The van der Waals surface area contributed by atoms with E-state index < -0.39 is 10.0 Å². The molecule has 0 radical (unpaired) electrons. The molecule has 0 bridgehead atoms. The van der Waals surface area contributed by atoms with Crippen molar-refractivity contribution in [3.05, 3.63) is 70.2 Å². The van der Waals surface area contributed by atoms with E-state index >= 15 is 0 Å². The summed E-state index contributed by atoms with van der Waals surface area (Å²) in [6, 6.07) is 14.8. The van der Waals surface area contributed by atoms with Crippen LogP contribution in [0.3, 0.4) is 0 Å². The van der Waals surface area contributed by atoms with Crippen LogP contribution in [0.25, 0.3) is 0 Å². The lowest BCUT2D eigenvalue weighted by Gasteiger charge is -2.24. The topological polar surface area (TPSA) is 57.7 Å². The van der Waals surface area contributed by atoms with Gasteiger partial charge in [-0.25, -0.2) is 8.42 Å². The van der Waals surface area contributed by atoms with Crippen molar-refractivity contribution in [2.45, 2.75) is 20.0 Å². The number of benzene rings is 2. The minimum Gasteiger partial charge on any atom is -0.340 e. The van der Waals surface area contributed by atoms with Crippen LogP contribution in [0.15, 0.2) is 48.5 Å². The first kappa shape index (κ1) is 20.4. The molecule has 26 heavy (non-hydrogen) atoms. The first-order valence-corrected chi connectivity index (χ1v) is 10.4. The van der Waals surface area contributed by atoms with Gasteiger partial charge in [0.25, 0.3) is 0 Å². The summed E-state index contributed by atoms with van der Waals surface area (Å²) >= 11 is 5.86. The van der Waals surface area contributed by atoms with E-state index in [-0.39, 0.29) is 19.0 Å². The molecule has 0 aromatic heterocycles. The van der Waals surface area contributed by atoms with Crippen molar-refractivity contribution in [1.82, 2.24) is 9.21 Å². The van der Waals surface area contributed by atoms with Gasteiger partial charge in [-0.05, 0) is 30.2 Å². The van der Waals surface area contributed by atoms with Crippen molar-refractivity contribution in [3.63, 3.8) is 0 Å². The lowest BCUT2D eigenvalue weighted by Crippen LogP contribution is -2.40. The van der Waals surface area contributed by atoms with Gasteiger partial charge in [0, 0.05) is 25.2 Å². The Hall–Kier alpha value is -1.89. The number of nitrogens with zero attached hydrogens (tertiary/aromatic N) is 2. The van der Waals surface area contributed by atoms with E-state index in [0.29, 0.717) is 11.6 Å². The lowest BCUT2D eigenvalue weighted by atomic mass is 10.1. The van der Waals surface area contributed by atoms with Gasteiger partial charge in [0.1, 0.15) is 0 Å². The zero-order valence-electron chi connectivity index (χ0n) is 15.1. The second-order valence-electron chi connectivity index (χ2n) is 6.39. The van der Waals surface area contributed by atoms with E-state index in [1.54, 1.807) is 19.2 Å². The Morgan fingerprint density at radius 3 is 2.00 bits per heavy atom. The SMILES string of the molecule is Cc1ccc(CN(CC(=O)N(C)Cc2ccc(Cl)cc2)S(C)(=O)=O)cc1. The molecule has 0 atom stereocenters. The molecule has 5 nitrogen and oxygen atoms in total. The quantitative estimate of drug-likeness (QED) is 0.725. The van der Waals surface area contributed by atoms with Crippen LogP contribution in [0.4, 0.5) is 0 Å². The number of carbonyl (C=O) groups excluding carboxylic acids is 1. The highest BCUT2D eigenvalue weighted by Crippen LogP contribution is 2.13. The molecule has 0 aliphatic carbocycles. The van der Waals surface area contributed by atoms with E-state index in [0.717, 1.165) is 22.9 Å². The summed E-state index contributed by atoms with van der Waals surface area (Å²) < 4.78 is 25.4. The maximum Gasteiger partial charge on any atom is 0.237 e. The molecule has 0 saturated carbocycles. The maximum absolute atomic E-state index is 12.5. The number of likely N-dealkylation sites (N-methyl/N-ethyl adjacent to an activating group) is 1. The summed E-state index contributed by atoms with van der Waals surface area (Å²) in [5, 5.41) is 0.629. The fourth-order valence-electron chi connectivity index (χ4n) is 2.41. The van der Waals surface area contributed by atoms with Gasteiger partial charge in [-0.15, -0.1) is 0 Å². The maximum atomic E-state index is 12.5. The Balaban J connectivity index is 2.05. The van der Waals surface area contributed by atoms with Crippen LogP contribution < -0.4 is 0 Å². The van der Waals surface area contributed by atoms with Crippen LogP contribution >= 0.6 is 11.6 Å². The second-order valence-corrected chi connectivity index (χ2v) is 8.81. The number of rotatable bonds is 7. The summed E-state index contributed by atoms with van der Waals surface area (Å²) in [6.07, 6.45) is 1.12. The highest BCUT2D eigenvalue weighted by molar-refractivity contribution is 7.88. The number of amides is 1. The number of aryl methyl sites for hydroxylation is 1. The summed E-state index contributed by atoms with van der Waals surface area (Å²) in [4.78, 5) is 14.0. The van der Waals surface area contributed by atoms with Gasteiger partial charge in [-0.3, -0.25) is 4.79 Å². The molecule has 0 heterocycles. The van der Waals surface area contributed by atoms with Crippen molar-refractivity contribution < 1.29 is 13.2 Å². The summed E-state index contributed by atoms with van der Waals surface area (Å²) in [5.41, 5.74) is 2.86. The first-order chi connectivity index (χ1) is 12.1. The van der Waals surface area contributed by atoms with Crippen LogP contribution in [0.2, 0.25) is 5.02 Å². The molecule has 2 rings (SSSR count). The first-order valence-electron chi connectivity index (χ1n) is 8.14. The van der Waals surface area contributed by atoms with Crippen molar-refractivity contribution in [2.75, 3.05) is 19.8 Å². The molecular formula is C19H23ClN2O3S. The third-order valence-corrected chi connectivity index (χ3v) is 5.47. The summed E-state index contributed by atoms with van der Waals surface area (Å²) in [5.74, 6) is -0.266. The average Bonchev–Trinajstić information content (AvgIpc) is 2.57. The molecule has 0 spiro atoms. The van der Waals surface area contributed by atoms with Gasteiger partial charge in [0.05, 0.1) is 12.8 Å². The number of hydrogen-bond donors (Lipinski definition) is 0. The average molecular weight is 395 g/mol. The number of halogens is 1. The molecule has 2 aromatic rings. The van der Waals surface area contributed by atoms with E-state index in [2.05, 4.69) is 0 Å². The zero-order valence-corrected chi connectivity index (χ0v) is 16.7. The Kier molecular flexibility index (Phi) is 6.81. The molecule has 0 unspecified atom stereocenters. The molecule has 7 heteroatoms. The molecule has 2 aromatic carbocycles. The Morgan fingerprint density at radius 2 is 1.46 bits per heavy atom. The molecule has 140 valence electrons. The summed E-state index contributed by atoms with van der Waals surface area (Å²) in [7, 11) is -1.86. The van der Waals surface area contributed by atoms with Crippen molar-refractivity contribution >= 4 is 27.5 Å². The second kappa shape index (κ2) is 8.66. The van der Waals surface area contributed by atoms with Crippen molar-refractivity contribution in [2.24, 2.45) is 0 Å². The Bertz CT molecular complexity index is 849. The van der Waals surface area contributed by atoms with E-state index in [1.807, 2.05) is 43.3 Å². The zero-order chi connectivity index (χ0) is 19.3. The van der Waals surface area contributed by atoms with Crippen LogP contribution in [-0.2, 0) is 27.9 Å². The number of carbonyl (C=O) groups is 1. The highest BCUT2D eigenvalue weighted by Gasteiger charge is 2.22. The molecule has 0 fully saturated rings.